The molecule has 1 aliphatic rings. The number of ether oxygens (including phenoxy) is 1. The summed E-state index contributed by atoms with van der Waals surface area (Å²) in [6, 6.07) is 7.77. The molecule has 0 amide bonds. The largest absolute Gasteiger partial charge is 0.470 e. The van der Waals surface area contributed by atoms with E-state index in [1.807, 2.05) is 24.3 Å². The predicted octanol–water partition coefficient (Wildman–Crippen LogP) is 2.32. The van der Waals surface area contributed by atoms with E-state index in [-0.39, 0.29) is 5.56 Å². The van der Waals surface area contributed by atoms with Gasteiger partial charge in [-0.3, -0.25) is 0 Å². The molecule has 2 heteroatoms. The van der Waals surface area contributed by atoms with Crippen molar-refractivity contribution < 1.29 is 4.74 Å². The van der Waals surface area contributed by atoms with E-state index in [0.29, 0.717) is 0 Å². The Morgan fingerprint density at radius 1 is 1.33 bits per heavy atom. The normalized spacial score (nSPS) is 21.7. The van der Waals surface area contributed by atoms with Crippen LogP contribution in [0.25, 0.3) is 0 Å². The lowest BCUT2D eigenvalue weighted by molar-refractivity contribution is 0.225. The van der Waals surface area contributed by atoms with Crippen LogP contribution in [0.15, 0.2) is 24.3 Å². The Hall–Kier alpha value is -0.690. The van der Waals surface area contributed by atoms with Crippen molar-refractivity contribution in [3.05, 3.63) is 29.8 Å². The van der Waals surface area contributed by atoms with Gasteiger partial charge in [0.2, 0.25) is 5.56 Å². The van der Waals surface area contributed by atoms with Crippen LogP contribution in [0.2, 0.25) is 0 Å². The van der Waals surface area contributed by atoms with E-state index in [2.05, 4.69) is 0 Å². The summed E-state index contributed by atoms with van der Waals surface area (Å²) < 4.78 is 5.05. The lowest BCUT2D eigenvalue weighted by Gasteiger charge is -2.25. The number of alkyl halides is 1. The molecule has 0 saturated heterocycles. The van der Waals surface area contributed by atoms with Gasteiger partial charge >= 0.3 is 0 Å². The Morgan fingerprint density at radius 2 is 2.11 bits per heavy atom. The van der Waals surface area contributed by atoms with Crippen LogP contribution >= 0.6 is 11.6 Å². The summed E-state index contributed by atoms with van der Waals surface area (Å²) >= 11 is 5.66. The maximum absolute atomic E-state index is 5.66. The van der Waals surface area contributed by atoms with Crippen molar-refractivity contribution in [1.29, 1.82) is 0 Å². The summed E-state index contributed by atoms with van der Waals surface area (Å²) in [4.78, 5) is 0. The van der Waals surface area contributed by atoms with E-state index in [4.69, 9.17) is 16.3 Å². The summed E-state index contributed by atoms with van der Waals surface area (Å²) in [5.74, 6) is 0.914. The molecule has 1 aromatic rings. The number of rotatable bonds is 0. The first-order valence-electron chi connectivity index (χ1n) is 2.77. The van der Waals surface area contributed by atoms with Crippen LogP contribution in [-0.4, -0.2) is 0 Å². The molecule has 1 aromatic carbocycles. The van der Waals surface area contributed by atoms with Crippen molar-refractivity contribution in [2.24, 2.45) is 0 Å². The van der Waals surface area contributed by atoms with Crippen LogP contribution in [-0.2, 0) is 0 Å². The summed E-state index contributed by atoms with van der Waals surface area (Å²) in [6.45, 7) is 0. The number of fused-ring (bicyclic) bond motifs is 1. The van der Waals surface area contributed by atoms with E-state index in [9.17, 15) is 0 Å². The highest BCUT2D eigenvalue weighted by atomic mass is 35.5. The van der Waals surface area contributed by atoms with Crippen molar-refractivity contribution in [2.75, 3.05) is 0 Å². The SMILES string of the molecule is ClC1Oc2ccccc21. The molecule has 2 rings (SSSR count). The Bertz CT molecular complexity index is 234. The number of benzene rings is 1. The Morgan fingerprint density at radius 3 is 2.67 bits per heavy atom. The molecule has 46 valence electrons. The molecule has 0 N–H and O–H groups in total. The third-order valence-electron chi connectivity index (χ3n) is 1.39. The summed E-state index contributed by atoms with van der Waals surface area (Å²) in [5, 5.41) is 0. The first kappa shape index (κ1) is 5.12. The fraction of sp³-hybridized carbons (Fsp3) is 0.143. The van der Waals surface area contributed by atoms with Gasteiger partial charge in [0.1, 0.15) is 5.75 Å². The number of hydrogen-bond donors (Lipinski definition) is 0. The molecule has 0 aromatic heterocycles. The average molecular weight is 141 g/mol. The maximum atomic E-state index is 5.66. The van der Waals surface area contributed by atoms with Gasteiger partial charge in [0.05, 0.1) is 0 Å². The summed E-state index contributed by atoms with van der Waals surface area (Å²) in [6.07, 6.45) is 0. The van der Waals surface area contributed by atoms with Gasteiger partial charge in [-0.2, -0.15) is 0 Å². The number of para-hydroxylation sites is 1. The van der Waals surface area contributed by atoms with Crippen LogP contribution in [0.1, 0.15) is 11.1 Å². The minimum absolute atomic E-state index is 0.207. The van der Waals surface area contributed by atoms with Crippen molar-refractivity contribution in [2.45, 2.75) is 5.56 Å². The Kier molecular flexibility index (Phi) is 0.935. The van der Waals surface area contributed by atoms with E-state index >= 15 is 0 Å². The topological polar surface area (TPSA) is 9.23 Å². The molecule has 1 heterocycles. The van der Waals surface area contributed by atoms with Gasteiger partial charge in [-0.1, -0.05) is 29.8 Å². The molecule has 1 nitrogen and oxygen atoms in total. The first-order valence-corrected chi connectivity index (χ1v) is 3.21. The van der Waals surface area contributed by atoms with Gasteiger partial charge in [0.15, 0.2) is 0 Å². The van der Waals surface area contributed by atoms with Gasteiger partial charge in [0, 0.05) is 5.56 Å². The number of hydrogen-bond acceptors (Lipinski definition) is 1. The standard InChI is InChI=1S/C7H5ClO/c8-7-5-3-1-2-4-6(5)9-7/h1-4,7H. The van der Waals surface area contributed by atoms with Crippen LogP contribution in [0.4, 0.5) is 0 Å². The van der Waals surface area contributed by atoms with E-state index in [1.54, 1.807) is 0 Å². The van der Waals surface area contributed by atoms with Crippen LogP contribution in [0.5, 0.6) is 5.75 Å². The van der Waals surface area contributed by atoms with Crippen LogP contribution in [0, 0.1) is 0 Å². The number of halogens is 1. The molecular weight excluding hydrogens is 136 g/mol. The molecule has 9 heavy (non-hydrogen) atoms. The van der Waals surface area contributed by atoms with E-state index in [1.165, 1.54) is 0 Å². The average Bonchev–Trinajstić information content (AvgIpc) is 1.86. The van der Waals surface area contributed by atoms with Gasteiger partial charge in [0.25, 0.3) is 0 Å². The van der Waals surface area contributed by atoms with E-state index < -0.39 is 0 Å². The lowest BCUT2D eigenvalue weighted by Crippen LogP contribution is -2.12. The highest BCUT2D eigenvalue weighted by Crippen LogP contribution is 2.40. The van der Waals surface area contributed by atoms with E-state index in [0.717, 1.165) is 11.3 Å². The fourth-order valence-electron chi connectivity index (χ4n) is 0.892. The van der Waals surface area contributed by atoms with Gasteiger partial charge in [-0.25, -0.2) is 0 Å². The molecular formula is C7H5ClO. The third kappa shape index (κ3) is 0.615. The highest BCUT2D eigenvalue weighted by molar-refractivity contribution is 6.21. The fourth-order valence-corrected chi connectivity index (χ4v) is 1.17. The smallest absolute Gasteiger partial charge is 0.201 e. The summed E-state index contributed by atoms with van der Waals surface area (Å²) in [5.41, 5.74) is 0.889. The monoisotopic (exact) mass is 140 g/mol. The molecule has 0 bridgehead atoms. The quantitative estimate of drug-likeness (QED) is 0.503. The third-order valence-corrected chi connectivity index (χ3v) is 1.72. The maximum Gasteiger partial charge on any atom is 0.201 e. The Balaban J connectivity index is 2.51. The van der Waals surface area contributed by atoms with Crippen molar-refractivity contribution in [1.82, 2.24) is 0 Å². The molecule has 1 unspecified atom stereocenters. The van der Waals surface area contributed by atoms with Crippen LogP contribution in [0.3, 0.4) is 0 Å². The molecule has 0 fully saturated rings. The molecule has 0 spiro atoms. The van der Waals surface area contributed by atoms with Crippen molar-refractivity contribution >= 4 is 11.6 Å². The van der Waals surface area contributed by atoms with Gasteiger partial charge < -0.3 is 4.74 Å². The molecule has 1 atom stereocenters. The second kappa shape index (κ2) is 1.64. The second-order valence-electron chi connectivity index (χ2n) is 1.97. The first-order chi connectivity index (χ1) is 4.38. The van der Waals surface area contributed by atoms with Gasteiger partial charge in [-0.05, 0) is 6.07 Å². The predicted molar refractivity (Wildman–Crippen MR) is 35.7 cm³/mol. The molecule has 0 radical (unpaired) electrons. The highest BCUT2D eigenvalue weighted by Gasteiger charge is 2.24. The Labute approximate surface area is 58.2 Å². The van der Waals surface area contributed by atoms with Crippen molar-refractivity contribution in [3.8, 4) is 5.75 Å². The second-order valence-corrected chi connectivity index (χ2v) is 2.37. The zero-order valence-corrected chi connectivity index (χ0v) is 5.43. The zero-order chi connectivity index (χ0) is 6.27. The van der Waals surface area contributed by atoms with Crippen molar-refractivity contribution in [3.63, 3.8) is 0 Å². The minimum atomic E-state index is -0.207. The molecule has 0 aliphatic carbocycles. The zero-order valence-electron chi connectivity index (χ0n) is 4.67. The van der Waals surface area contributed by atoms with Gasteiger partial charge in [-0.15, -0.1) is 0 Å². The van der Waals surface area contributed by atoms with Crippen LogP contribution < -0.4 is 4.74 Å². The lowest BCUT2D eigenvalue weighted by atomic mass is 10.1. The molecule has 1 aliphatic heterocycles. The molecule has 0 saturated carbocycles. The summed E-state index contributed by atoms with van der Waals surface area (Å²) in [7, 11) is 0. The minimum Gasteiger partial charge on any atom is -0.470 e.